The summed E-state index contributed by atoms with van der Waals surface area (Å²) in [5.74, 6) is 1.90. The van der Waals surface area contributed by atoms with Crippen molar-refractivity contribution >= 4 is 0 Å². The fraction of sp³-hybridized carbons (Fsp3) is 0.867. The fourth-order valence-electron chi connectivity index (χ4n) is 2.61. The second-order valence-corrected chi connectivity index (χ2v) is 6.31. The van der Waals surface area contributed by atoms with E-state index in [2.05, 4.69) is 48.1 Å². The molecule has 5 nitrogen and oxygen atoms in total. The van der Waals surface area contributed by atoms with Gasteiger partial charge >= 0.3 is 0 Å². The average molecular weight is 280 g/mol. The first-order valence-corrected chi connectivity index (χ1v) is 7.86. The molecule has 0 unspecified atom stereocenters. The molecule has 5 heteroatoms. The molecule has 1 fully saturated rings. The molecule has 2 heterocycles. The molecule has 1 N–H and O–H groups in total. The van der Waals surface area contributed by atoms with Crippen molar-refractivity contribution < 1.29 is 4.52 Å². The van der Waals surface area contributed by atoms with Crippen LogP contribution in [0.5, 0.6) is 0 Å². The minimum absolute atomic E-state index is 0.334. The first-order chi connectivity index (χ1) is 9.56. The molecule has 0 aliphatic carbocycles. The third kappa shape index (κ3) is 4.28. The zero-order valence-corrected chi connectivity index (χ0v) is 13.2. The van der Waals surface area contributed by atoms with E-state index in [0.717, 1.165) is 24.7 Å². The highest BCUT2D eigenvalue weighted by atomic mass is 16.5. The van der Waals surface area contributed by atoms with E-state index in [-0.39, 0.29) is 0 Å². The molecule has 1 aliphatic heterocycles. The lowest BCUT2D eigenvalue weighted by molar-refractivity contribution is 0.161. The Morgan fingerprint density at radius 3 is 2.50 bits per heavy atom. The number of likely N-dealkylation sites (tertiary alicyclic amines) is 1. The van der Waals surface area contributed by atoms with Crippen molar-refractivity contribution in [1.82, 2.24) is 20.4 Å². The van der Waals surface area contributed by atoms with Gasteiger partial charge in [0.2, 0.25) is 5.89 Å². The summed E-state index contributed by atoms with van der Waals surface area (Å²) in [5.41, 5.74) is 0. The molecule has 1 saturated heterocycles. The largest absolute Gasteiger partial charge is 0.339 e. The van der Waals surface area contributed by atoms with Gasteiger partial charge in [-0.05, 0) is 39.8 Å². The minimum atomic E-state index is 0.334. The summed E-state index contributed by atoms with van der Waals surface area (Å²) in [6.45, 7) is 12.0. The Balaban J connectivity index is 1.66. The summed E-state index contributed by atoms with van der Waals surface area (Å²) in [4.78, 5) is 6.95. The predicted molar refractivity (Wildman–Crippen MR) is 79.8 cm³/mol. The van der Waals surface area contributed by atoms with Crippen LogP contribution in [0, 0.1) is 0 Å². The van der Waals surface area contributed by atoms with Crippen molar-refractivity contribution in [2.75, 3.05) is 19.6 Å². The second kappa shape index (κ2) is 7.18. The highest BCUT2D eigenvalue weighted by Gasteiger charge is 2.20. The van der Waals surface area contributed by atoms with Gasteiger partial charge in [0.05, 0.1) is 0 Å². The summed E-state index contributed by atoms with van der Waals surface area (Å²) in [5, 5.41) is 7.60. The van der Waals surface area contributed by atoms with Crippen molar-refractivity contribution in [3.05, 3.63) is 11.7 Å². The van der Waals surface area contributed by atoms with Gasteiger partial charge in [-0.1, -0.05) is 19.0 Å². The Morgan fingerprint density at radius 2 is 1.95 bits per heavy atom. The lowest BCUT2D eigenvalue weighted by atomic mass is 10.0. The van der Waals surface area contributed by atoms with E-state index in [1.807, 2.05) is 0 Å². The summed E-state index contributed by atoms with van der Waals surface area (Å²) in [7, 11) is 0. The molecule has 1 aromatic heterocycles. The number of rotatable bonds is 6. The van der Waals surface area contributed by atoms with Crippen LogP contribution in [0.15, 0.2) is 4.52 Å². The van der Waals surface area contributed by atoms with Crippen LogP contribution in [-0.2, 0) is 6.42 Å². The molecule has 0 saturated carbocycles. The highest BCUT2D eigenvalue weighted by Crippen LogP contribution is 2.13. The van der Waals surface area contributed by atoms with Crippen LogP contribution in [0.3, 0.4) is 0 Å². The monoisotopic (exact) mass is 280 g/mol. The van der Waals surface area contributed by atoms with Crippen molar-refractivity contribution in [3.8, 4) is 0 Å². The van der Waals surface area contributed by atoms with Gasteiger partial charge in [-0.15, -0.1) is 0 Å². The lowest BCUT2D eigenvalue weighted by Gasteiger charge is -2.34. The van der Waals surface area contributed by atoms with E-state index in [0.29, 0.717) is 18.0 Å². The fourth-order valence-corrected chi connectivity index (χ4v) is 2.61. The molecule has 0 atom stereocenters. The number of hydrogen-bond acceptors (Lipinski definition) is 5. The molecule has 0 spiro atoms. The molecule has 0 amide bonds. The maximum absolute atomic E-state index is 5.25. The molecule has 20 heavy (non-hydrogen) atoms. The van der Waals surface area contributed by atoms with E-state index in [4.69, 9.17) is 4.52 Å². The molecular weight excluding hydrogens is 252 g/mol. The van der Waals surface area contributed by atoms with Gasteiger partial charge in [-0.3, -0.25) is 0 Å². The maximum atomic E-state index is 5.25. The smallest absolute Gasteiger partial charge is 0.227 e. The van der Waals surface area contributed by atoms with Gasteiger partial charge in [0.25, 0.3) is 0 Å². The topological polar surface area (TPSA) is 54.2 Å². The Bertz CT molecular complexity index is 394. The van der Waals surface area contributed by atoms with Gasteiger partial charge in [-0.25, -0.2) is 0 Å². The van der Waals surface area contributed by atoms with Crippen molar-refractivity contribution in [3.63, 3.8) is 0 Å². The first-order valence-electron chi connectivity index (χ1n) is 7.86. The Labute approximate surface area is 122 Å². The molecular formula is C15H28N4O. The van der Waals surface area contributed by atoms with Gasteiger partial charge < -0.3 is 14.7 Å². The van der Waals surface area contributed by atoms with Gasteiger partial charge in [0, 0.05) is 31.0 Å². The SMILES string of the molecule is CC(C)c1noc(CCNC2CCN(C(C)C)CC2)n1. The van der Waals surface area contributed by atoms with Crippen molar-refractivity contribution in [1.29, 1.82) is 0 Å². The number of nitrogens with zero attached hydrogens (tertiary/aromatic N) is 3. The summed E-state index contributed by atoms with van der Waals surface area (Å²) < 4.78 is 5.25. The third-order valence-corrected chi connectivity index (χ3v) is 4.03. The van der Waals surface area contributed by atoms with Gasteiger partial charge in [-0.2, -0.15) is 4.98 Å². The molecule has 1 aromatic rings. The number of piperidine rings is 1. The van der Waals surface area contributed by atoms with Crippen LogP contribution < -0.4 is 5.32 Å². The Hall–Kier alpha value is -0.940. The van der Waals surface area contributed by atoms with Crippen LogP contribution in [0.4, 0.5) is 0 Å². The second-order valence-electron chi connectivity index (χ2n) is 6.31. The number of aromatic nitrogens is 2. The standard InChI is InChI=1S/C15H28N4O/c1-11(2)15-17-14(20-18-15)5-8-16-13-6-9-19(10-7-13)12(3)4/h11-13,16H,5-10H2,1-4H3. The van der Waals surface area contributed by atoms with E-state index in [1.165, 1.54) is 25.9 Å². The van der Waals surface area contributed by atoms with E-state index < -0.39 is 0 Å². The molecule has 0 aromatic carbocycles. The average Bonchev–Trinajstić information content (AvgIpc) is 2.88. The Morgan fingerprint density at radius 1 is 1.25 bits per heavy atom. The summed E-state index contributed by atoms with van der Waals surface area (Å²) in [6.07, 6.45) is 3.29. The molecule has 0 bridgehead atoms. The van der Waals surface area contributed by atoms with Crippen LogP contribution in [0.25, 0.3) is 0 Å². The minimum Gasteiger partial charge on any atom is -0.339 e. The van der Waals surface area contributed by atoms with Crippen LogP contribution >= 0.6 is 0 Å². The van der Waals surface area contributed by atoms with Gasteiger partial charge in [0.15, 0.2) is 5.82 Å². The van der Waals surface area contributed by atoms with Crippen LogP contribution in [-0.4, -0.2) is 46.8 Å². The summed E-state index contributed by atoms with van der Waals surface area (Å²) >= 11 is 0. The van der Waals surface area contributed by atoms with Crippen molar-refractivity contribution in [2.45, 2.75) is 65.0 Å². The molecule has 114 valence electrons. The van der Waals surface area contributed by atoms with Crippen LogP contribution in [0.1, 0.15) is 58.2 Å². The van der Waals surface area contributed by atoms with Crippen LogP contribution in [0.2, 0.25) is 0 Å². The highest BCUT2D eigenvalue weighted by molar-refractivity contribution is 4.92. The quantitative estimate of drug-likeness (QED) is 0.865. The first kappa shape index (κ1) is 15.4. The van der Waals surface area contributed by atoms with E-state index in [9.17, 15) is 0 Å². The number of nitrogens with one attached hydrogen (secondary N) is 1. The normalized spacial score (nSPS) is 18.3. The predicted octanol–water partition coefficient (Wildman–Crippen LogP) is 2.20. The summed E-state index contributed by atoms with van der Waals surface area (Å²) in [6, 6.07) is 1.31. The molecule has 1 aliphatic rings. The number of hydrogen-bond donors (Lipinski definition) is 1. The lowest BCUT2D eigenvalue weighted by Crippen LogP contribution is -2.45. The zero-order valence-electron chi connectivity index (χ0n) is 13.2. The zero-order chi connectivity index (χ0) is 14.5. The molecule has 0 radical (unpaired) electrons. The third-order valence-electron chi connectivity index (χ3n) is 4.03. The van der Waals surface area contributed by atoms with Crippen molar-refractivity contribution in [2.24, 2.45) is 0 Å². The van der Waals surface area contributed by atoms with E-state index >= 15 is 0 Å². The molecule has 2 rings (SSSR count). The Kier molecular flexibility index (Phi) is 5.54. The van der Waals surface area contributed by atoms with Gasteiger partial charge in [0.1, 0.15) is 0 Å². The maximum Gasteiger partial charge on any atom is 0.227 e. The van der Waals surface area contributed by atoms with E-state index in [1.54, 1.807) is 0 Å².